The summed E-state index contributed by atoms with van der Waals surface area (Å²) in [6.45, 7) is 11.1. The van der Waals surface area contributed by atoms with Gasteiger partial charge in [0.15, 0.2) is 11.5 Å². The Morgan fingerprint density at radius 3 is 2.50 bits per heavy atom. The minimum Gasteiger partial charge on any atom is -0.493 e. The van der Waals surface area contributed by atoms with E-state index in [2.05, 4.69) is 30.6 Å². The summed E-state index contributed by atoms with van der Waals surface area (Å²) in [4.78, 5) is 15.6. The van der Waals surface area contributed by atoms with E-state index in [4.69, 9.17) is 9.47 Å². The predicted octanol–water partition coefficient (Wildman–Crippen LogP) is 5.45. The lowest BCUT2D eigenvalue weighted by molar-refractivity contribution is -0.125. The second-order valence-electron chi connectivity index (χ2n) is 8.56. The Morgan fingerprint density at radius 1 is 1.17 bits per heavy atom. The van der Waals surface area contributed by atoms with Gasteiger partial charge >= 0.3 is 0 Å². The fourth-order valence-corrected chi connectivity index (χ4v) is 4.49. The monoisotopic (exact) mass is 413 g/mol. The first-order valence-electron chi connectivity index (χ1n) is 11.2. The molecule has 1 heterocycles. The lowest BCUT2D eigenvalue weighted by atomic mass is 9.80. The molecule has 0 radical (unpaired) electrons. The lowest BCUT2D eigenvalue weighted by Crippen LogP contribution is -2.36. The maximum absolute atomic E-state index is 13.1. The van der Waals surface area contributed by atoms with Crippen LogP contribution in [0.25, 0.3) is 0 Å². The number of methoxy groups -OCH3 is 2. The van der Waals surface area contributed by atoms with E-state index in [9.17, 15) is 4.79 Å². The van der Waals surface area contributed by atoms with Crippen LogP contribution in [0.2, 0.25) is 0 Å². The van der Waals surface area contributed by atoms with Crippen molar-refractivity contribution in [2.24, 2.45) is 17.8 Å². The highest BCUT2D eigenvalue weighted by Gasteiger charge is 2.29. The number of allylic oxidation sites excluding steroid dienone is 6. The molecular weight excluding hydrogens is 374 g/mol. The van der Waals surface area contributed by atoms with Gasteiger partial charge in [0.25, 0.3) is 0 Å². The van der Waals surface area contributed by atoms with Gasteiger partial charge in [0, 0.05) is 18.4 Å². The number of ketones is 1. The second kappa shape index (κ2) is 12.6. The number of likely N-dealkylation sites (tertiary alicyclic amines) is 1. The Kier molecular flexibility index (Phi) is 10.2. The molecule has 1 aliphatic carbocycles. The highest BCUT2D eigenvalue weighted by atomic mass is 16.5. The van der Waals surface area contributed by atoms with Crippen molar-refractivity contribution in [1.29, 1.82) is 0 Å². The molecule has 0 saturated carbocycles. The first-order valence-corrected chi connectivity index (χ1v) is 11.2. The number of rotatable bonds is 8. The van der Waals surface area contributed by atoms with Crippen LogP contribution in [0, 0.1) is 17.8 Å². The van der Waals surface area contributed by atoms with Crippen LogP contribution < -0.4 is 0 Å². The van der Waals surface area contributed by atoms with Crippen LogP contribution in [-0.4, -0.2) is 44.5 Å². The Balaban J connectivity index is 1.92. The highest BCUT2D eigenvalue weighted by molar-refractivity contribution is 5.85. The second-order valence-corrected chi connectivity index (χ2v) is 8.56. The molecule has 166 valence electrons. The molecule has 1 fully saturated rings. The van der Waals surface area contributed by atoms with Gasteiger partial charge in [-0.25, -0.2) is 0 Å². The molecule has 2 aliphatic rings. The average Bonchev–Trinajstić information content (AvgIpc) is 2.79. The quantitative estimate of drug-likeness (QED) is 0.496. The number of piperidine rings is 1. The van der Waals surface area contributed by atoms with E-state index in [1.165, 1.54) is 18.4 Å². The van der Waals surface area contributed by atoms with Gasteiger partial charge in [0.1, 0.15) is 5.78 Å². The highest BCUT2D eigenvalue weighted by Crippen LogP contribution is 2.31. The van der Waals surface area contributed by atoms with Gasteiger partial charge in [-0.1, -0.05) is 43.4 Å². The Hall–Kier alpha value is -2.07. The average molecular weight is 414 g/mol. The van der Waals surface area contributed by atoms with Crippen molar-refractivity contribution in [3.63, 3.8) is 0 Å². The number of hydrogen-bond donors (Lipinski definition) is 0. The topological polar surface area (TPSA) is 38.8 Å². The summed E-state index contributed by atoms with van der Waals surface area (Å²) in [5.74, 6) is 2.33. The van der Waals surface area contributed by atoms with Crippen molar-refractivity contribution < 1.29 is 14.3 Å². The van der Waals surface area contributed by atoms with E-state index in [0.29, 0.717) is 17.5 Å². The number of Topliss-reactive ketones (excluding diaryl/α,β-unsaturated/α-hetero) is 1. The third-order valence-electron chi connectivity index (χ3n) is 6.21. The summed E-state index contributed by atoms with van der Waals surface area (Å²) in [5, 5.41) is 0. The molecular formula is C26H39NO3. The Labute approximate surface area is 183 Å². The van der Waals surface area contributed by atoms with Crippen molar-refractivity contribution in [2.45, 2.75) is 46.0 Å². The summed E-state index contributed by atoms with van der Waals surface area (Å²) in [6, 6.07) is 0. The van der Waals surface area contributed by atoms with Crippen LogP contribution in [0.5, 0.6) is 0 Å². The lowest BCUT2D eigenvalue weighted by Gasteiger charge is -2.33. The van der Waals surface area contributed by atoms with Crippen molar-refractivity contribution in [3.8, 4) is 0 Å². The van der Waals surface area contributed by atoms with Crippen molar-refractivity contribution in [3.05, 3.63) is 60.1 Å². The fourth-order valence-electron chi connectivity index (χ4n) is 4.49. The van der Waals surface area contributed by atoms with E-state index in [1.807, 2.05) is 25.2 Å². The summed E-state index contributed by atoms with van der Waals surface area (Å²) >= 11 is 0. The predicted molar refractivity (Wildman–Crippen MR) is 124 cm³/mol. The molecule has 0 N–H and O–H groups in total. The van der Waals surface area contributed by atoms with Crippen LogP contribution in [0.1, 0.15) is 46.0 Å². The molecule has 2 rings (SSSR count). The largest absolute Gasteiger partial charge is 0.493 e. The SMILES string of the molecule is C=C/C=C\C=C(/C)CN1CCC(CC2CC/C=C(OC)\C(OC)=C/C(C)C2=O)CC1. The number of carbonyl (C=O) groups excluding carboxylic acids is 1. The smallest absolute Gasteiger partial charge is 0.157 e. The van der Waals surface area contributed by atoms with Crippen LogP contribution in [0.15, 0.2) is 60.1 Å². The van der Waals surface area contributed by atoms with E-state index < -0.39 is 0 Å². The summed E-state index contributed by atoms with van der Waals surface area (Å²) < 4.78 is 10.9. The van der Waals surface area contributed by atoms with Gasteiger partial charge in [0.05, 0.1) is 14.2 Å². The van der Waals surface area contributed by atoms with Crippen LogP contribution in [0.4, 0.5) is 0 Å². The number of hydrogen-bond acceptors (Lipinski definition) is 4. The van der Waals surface area contributed by atoms with Crippen LogP contribution in [0.3, 0.4) is 0 Å². The molecule has 4 nitrogen and oxygen atoms in total. The Bertz CT molecular complexity index is 693. The maximum atomic E-state index is 13.1. The van der Waals surface area contributed by atoms with Gasteiger partial charge in [-0.15, -0.1) is 0 Å². The molecule has 4 heteroatoms. The maximum Gasteiger partial charge on any atom is 0.157 e. The van der Waals surface area contributed by atoms with E-state index in [-0.39, 0.29) is 11.8 Å². The molecule has 0 aromatic rings. The van der Waals surface area contributed by atoms with Crippen molar-refractivity contribution in [1.82, 2.24) is 4.90 Å². The zero-order valence-corrected chi connectivity index (χ0v) is 19.2. The van der Waals surface area contributed by atoms with Gasteiger partial charge in [0.2, 0.25) is 0 Å². The molecule has 1 saturated heterocycles. The first kappa shape index (κ1) is 24.2. The molecule has 1 aliphatic heterocycles. The summed E-state index contributed by atoms with van der Waals surface area (Å²) in [5.41, 5.74) is 1.37. The van der Waals surface area contributed by atoms with Crippen LogP contribution >= 0.6 is 0 Å². The molecule has 0 spiro atoms. The summed E-state index contributed by atoms with van der Waals surface area (Å²) in [6.07, 6.45) is 17.0. The van der Waals surface area contributed by atoms with Crippen LogP contribution in [-0.2, 0) is 14.3 Å². The fraction of sp³-hybridized carbons (Fsp3) is 0.577. The van der Waals surface area contributed by atoms with Gasteiger partial charge < -0.3 is 9.47 Å². The number of ether oxygens (including phenoxy) is 2. The molecule has 0 aromatic carbocycles. The Morgan fingerprint density at radius 2 is 1.87 bits per heavy atom. The van der Waals surface area contributed by atoms with Gasteiger partial charge in [-0.3, -0.25) is 9.69 Å². The third kappa shape index (κ3) is 7.32. The number of nitrogens with zero attached hydrogens (tertiary/aromatic N) is 1. The third-order valence-corrected chi connectivity index (χ3v) is 6.21. The van der Waals surface area contributed by atoms with Crippen molar-refractivity contribution in [2.75, 3.05) is 33.9 Å². The standard InChI is InChI=1S/C26H39NO3/c1-6-7-8-10-20(2)19-27-15-13-22(14-16-27)18-23-11-9-12-24(29-4)25(30-5)17-21(3)26(23)28/h6-8,10,12,17,21-23H,1,9,11,13-16,18-19H2,2-5H3/b8-7-,20-10+,24-12+,25-17+. The molecule has 0 bridgehead atoms. The molecule has 0 aromatic heterocycles. The molecule has 2 unspecified atom stereocenters. The van der Waals surface area contributed by atoms with E-state index >= 15 is 0 Å². The minimum atomic E-state index is -0.155. The van der Waals surface area contributed by atoms with E-state index in [0.717, 1.165) is 44.7 Å². The van der Waals surface area contributed by atoms with Crippen molar-refractivity contribution >= 4 is 5.78 Å². The molecule has 2 atom stereocenters. The number of carbonyl (C=O) groups is 1. The zero-order valence-electron chi connectivity index (χ0n) is 19.2. The first-order chi connectivity index (χ1) is 14.5. The van der Waals surface area contributed by atoms with Gasteiger partial charge in [-0.2, -0.15) is 0 Å². The van der Waals surface area contributed by atoms with Gasteiger partial charge in [-0.05, 0) is 70.2 Å². The summed E-state index contributed by atoms with van der Waals surface area (Å²) in [7, 11) is 3.28. The minimum absolute atomic E-state index is 0.115. The normalized spacial score (nSPS) is 28.7. The molecule has 30 heavy (non-hydrogen) atoms. The molecule has 0 amide bonds. The van der Waals surface area contributed by atoms with E-state index in [1.54, 1.807) is 20.3 Å². The zero-order chi connectivity index (χ0) is 21.9.